The van der Waals surface area contributed by atoms with Gasteiger partial charge in [0.15, 0.2) is 5.96 Å². The van der Waals surface area contributed by atoms with Crippen LogP contribution in [-0.2, 0) is 6.54 Å². The lowest BCUT2D eigenvalue weighted by Gasteiger charge is -2.40. The smallest absolute Gasteiger partial charge is 0.405 e. The zero-order valence-corrected chi connectivity index (χ0v) is 18.3. The molecule has 1 aromatic rings. The van der Waals surface area contributed by atoms with E-state index in [2.05, 4.69) is 51.1 Å². The van der Waals surface area contributed by atoms with Crippen LogP contribution in [0, 0.1) is 5.92 Å². The van der Waals surface area contributed by atoms with Gasteiger partial charge in [-0.1, -0.05) is 32.0 Å². The average Bonchev–Trinajstić information content (AvgIpc) is 2.67. The van der Waals surface area contributed by atoms with Crippen molar-refractivity contribution in [2.24, 2.45) is 10.9 Å². The van der Waals surface area contributed by atoms with Crippen molar-refractivity contribution in [3.05, 3.63) is 29.8 Å². The van der Waals surface area contributed by atoms with E-state index >= 15 is 0 Å². The fourth-order valence-corrected chi connectivity index (χ4v) is 3.51. The van der Waals surface area contributed by atoms with Gasteiger partial charge >= 0.3 is 6.36 Å². The summed E-state index contributed by atoms with van der Waals surface area (Å²) in [7, 11) is 2.14. The molecule has 0 aliphatic carbocycles. The summed E-state index contributed by atoms with van der Waals surface area (Å²) in [6, 6.07) is 6.44. The van der Waals surface area contributed by atoms with Crippen LogP contribution in [-0.4, -0.2) is 74.5 Å². The zero-order chi connectivity index (χ0) is 22.1. The van der Waals surface area contributed by atoms with Crippen molar-refractivity contribution in [3.8, 4) is 5.75 Å². The largest absolute Gasteiger partial charge is 0.573 e. The zero-order valence-electron chi connectivity index (χ0n) is 18.3. The van der Waals surface area contributed by atoms with Crippen molar-refractivity contribution in [2.45, 2.75) is 39.7 Å². The molecule has 0 bridgehead atoms. The number of halogens is 3. The van der Waals surface area contributed by atoms with Crippen LogP contribution in [0.15, 0.2) is 29.3 Å². The van der Waals surface area contributed by atoms with E-state index in [1.807, 2.05) is 6.92 Å². The highest BCUT2D eigenvalue weighted by Gasteiger charge is 2.32. The third-order valence-electron chi connectivity index (χ3n) is 5.21. The normalized spacial score (nSPS) is 17.8. The standard InChI is InChI=1S/C21H34F3N5O/c1-5-25-20(26-14-17-8-6-7-9-19(17)30-21(22,23)24)27-15-18(16(2)3)29-12-10-28(4)11-13-29/h6-9,16,18H,5,10-15H2,1-4H3,(H2,25,26,27). The van der Waals surface area contributed by atoms with Gasteiger partial charge in [-0.25, -0.2) is 4.99 Å². The van der Waals surface area contributed by atoms with E-state index in [9.17, 15) is 13.2 Å². The Morgan fingerprint density at radius 2 is 1.80 bits per heavy atom. The monoisotopic (exact) mass is 429 g/mol. The molecule has 1 heterocycles. The topological polar surface area (TPSA) is 52.1 Å². The Kier molecular flexibility index (Phi) is 9.23. The molecule has 30 heavy (non-hydrogen) atoms. The molecule has 2 rings (SSSR count). The predicted octanol–water partition coefficient (Wildman–Crippen LogP) is 2.91. The highest BCUT2D eigenvalue weighted by Crippen LogP contribution is 2.26. The van der Waals surface area contributed by atoms with Gasteiger partial charge < -0.3 is 20.3 Å². The number of benzene rings is 1. The molecule has 1 unspecified atom stereocenters. The lowest BCUT2D eigenvalue weighted by Crippen LogP contribution is -2.55. The van der Waals surface area contributed by atoms with Crippen molar-refractivity contribution in [3.63, 3.8) is 0 Å². The molecule has 0 saturated carbocycles. The predicted molar refractivity (Wildman–Crippen MR) is 114 cm³/mol. The highest BCUT2D eigenvalue weighted by molar-refractivity contribution is 5.79. The highest BCUT2D eigenvalue weighted by atomic mass is 19.4. The third kappa shape index (κ3) is 8.02. The summed E-state index contributed by atoms with van der Waals surface area (Å²) in [6.07, 6.45) is -4.73. The second-order valence-corrected chi connectivity index (χ2v) is 7.88. The first kappa shape index (κ1) is 24.3. The SMILES string of the molecule is CCNC(=NCc1ccccc1OC(F)(F)F)NCC(C(C)C)N1CCN(C)CC1. The van der Waals surface area contributed by atoms with Gasteiger partial charge in [-0.3, -0.25) is 4.90 Å². The van der Waals surface area contributed by atoms with Crippen LogP contribution in [0.1, 0.15) is 26.3 Å². The summed E-state index contributed by atoms with van der Waals surface area (Å²) in [5.74, 6) is 0.825. The Labute approximate surface area is 177 Å². The number of ether oxygens (including phenoxy) is 1. The molecule has 2 N–H and O–H groups in total. The van der Waals surface area contributed by atoms with Crippen LogP contribution in [0.25, 0.3) is 0 Å². The fourth-order valence-electron chi connectivity index (χ4n) is 3.51. The van der Waals surface area contributed by atoms with Crippen LogP contribution in [0.2, 0.25) is 0 Å². The van der Waals surface area contributed by atoms with Crippen molar-refractivity contribution in [1.82, 2.24) is 20.4 Å². The van der Waals surface area contributed by atoms with Crippen molar-refractivity contribution in [2.75, 3.05) is 46.3 Å². The van der Waals surface area contributed by atoms with E-state index in [0.717, 1.165) is 26.2 Å². The summed E-state index contributed by atoms with van der Waals surface area (Å²) >= 11 is 0. The molecule has 1 saturated heterocycles. The molecule has 0 amide bonds. The minimum absolute atomic E-state index is 0.0858. The third-order valence-corrected chi connectivity index (χ3v) is 5.21. The van der Waals surface area contributed by atoms with Gasteiger partial charge in [0, 0.05) is 50.9 Å². The minimum atomic E-state index is -4.73. The van der Waals surface area contributed by atoms with Crippen LogP contribution in [0.5, 0.6) is 5.75 Å². The number of likely N-dealkylation sites (N-methyl/N-ethyl adjacent to an activating group) is 1. The summed E-state index contributed by atoms with van der Waals surface area (Å²) in [4.78, 5) is 9.30. The van der Waals surface area contributed by atoms with Gasteiger partial charge in [-0.15, -0.1) is 13.2 Å². The number of para-hydroxylation sites is 1. The van der Waals surface area contributed by atoms with E-state index in [0.29, 0.717) is 36.6 Å². The van der Waals surface area contributed by atoms with Crippen LogP contribution in [0.4, 0.5) is 13.2 Å². The second-order valence-electron chi connectivity index (χ2n) is 7.88. The maximum Gasteiger partial charge on any atom is 0.573 e. The van der Waals surface area contributed by atoms with Gasteiger partial charge in [0.25, 0.3) is 0 Å². The molecule has 1 atom stereocenters. The van der Waals surface area contributed by atoms with E-state index in [4.69, 9.17) is 0 Å². The Bertz CT molecular complexity index is 673. The van der Waals surface area contributed by atoms with Gasteiger partial charge in [-0.05, 0) is 26.0 Å². The number of hydrogen-bond acceptors (Lipinski definition) is 4. The number of guanidine groups is 1. The minimum Gasteiger partial charge on any atom is -0.405 e. The first-order chi connectivity index (χ1) is 14.2. The Hall–Kier alpha value is -2.00. The molecular weight excluding hydrogens is 395 g/mol. The molecule has 1 aliphatic rings. The molecule has 1 fully saturated rings. The lowest BCUT2D eigenvalue weighted by molar-refractivity contribution is -0.274. The number of hydrogen-bond donors (Lipinski definition) is 2. The van der Waals surface area contributed by atoms with Gasteiger partial charge in [-0.2, -0.15) is 0 Å². The lowest BCUT2D eigenvalue weighted by atomic mass is 10.0. The number of aliphatic imine (C=N–C) groups is 1. The first-order valence-electron chi connectivity index (χ1n) is 10.5. The molecule has 9 heteroatoms. The fraction of sp³-hybridized carbons (Fsp3) is 0.667. The molecule has 0 spiro atoms. The molecular formula is C21H34F3N5O. The second kappa shape index (κ2) is 11.4. The van der Waals surface area contributed by atoms with Crippen LogP contribution >= 0.6 is 0 Å². The average molecular weight is 430 g/mol. The van der Waals surface area contributed by atoms with E-state index < -0.39 is 6.36 Å². The molecule has 1 aromatic carbocycles. The Balaban J connectivity index is 2.03. The van der Waals surface area contributed by atoms with E-state index in [1.165, 1.54) is 12.1 Å². The summed E-state index contributed by atoms with van der Waals surface area (Å²) in [6.45, 7) is 12.0. The molecule has 0 aromatic heterocycles. The van der Waals surface area contributed by atoms with E-state index in [1.54, 1.807) is 12.1 Å². The molecule has 170 valence electrons. The Morgan fingerprint density at radius 3 is 2.40 bits per heavy atom. The summed E-state index contributed by atoms with van der Waals surface area (Å²) < 4.78 is 42.0. The van der Waals surface area contributed by atoms with Gasteiger partial charge in [0.05, 0.1) is 6.54 Å². The molecule has 0 radical (unpaired) electrons. The van der Waals surface area contributed by atoms with Crippen molar-refractivity contribution in [1.29, 1.82) is 0 Å². The quantitative estimate of drug-likeness (QED) is 0.492. The maximum atomic E-state index is 12.6. The Morgan fingerprint density at radius 1 is 1.13 bits per heavy atom. The maximum absolute atomic E-state index is 12.6. The van der Waals surface area contributed by atoms with Crippen molar-refractivity contribution >= 4 is 5.96 Å². The summed E-state index contributed by atoms with van der Waals surface area (Å²) in [5.41, 5.74) is 0.381. The van der Waals surface area contributed by atoms with Crippen LogP contribution in [0.3, 0.4) is 0 Å². The molecule has 1 aliphatic heterocycles. The van der Waals surface area contributed by atoms with Crippen molar-refractivity contribution < 1.29 is 17.9 Å². The van der Waals surface area contributed by atoms with Crippen LogP contribution < -0.4 is 15.4 Å². The first-order valence-corrected chi connectivity index (χ1v) is 10.5. The molecule has 6 nitrogen and oxygen atoms in total. The van der Waals surface area contributed by atoms with Gasteiger partial charge in [0.2, 0.25) is 0 Å². The van der Waals surface area contributed by atoms with Gasteiger partial charge in [0.1, 0.15) is 5.75 Å². The number of piperazine rings is 1. The summed E-state index contributed by atoms with van der Waals surface area (Å²) in [5, 5.41) is 6.54. The number of nitrogens with one attached hydrogen (secondary N) is 2. The number of nitrogens with zero attached hydrogens (tertiary/aromatic N) is 3. The number of alkyl halides is 3. The van der Waals surface area contributed by atoms with E-state index in [-0.39, 0.29) is 12.3 Å². The number of rotatable bonds is 8.